The second kappa shape index (κ2) is 5.93. The van der Waals surface area contributed by atoms with Crippen LogP contribution in [0.3, 0.4) is 0 Å². The molecule has 1 saturated heterocycles. The molecule has 2 fully saturated rings. The minimum Gasteiger partial charge on any atom is -0.388 e. The van der Waals surface area contributed by atoms with Gasteiger partial charge < -0.3 is 5.11 Å². The van der Waals surface area contributed by atoms with Crippen molar-refractivity contribution in [1.82, 2.24) is 4.90 Å². The van der Waals surface area contributed by atoms with Crippen LogP contribution in [0.1, 0.15) is 71.5 Å². The molecule has 1 aliphatic heterocycles. The Balaban J connectivity index is 1.51. The zero-order chi connectivity index (χ0) is 18.9. The Morgan fingerprint density at radius 2 is 1.70 bits per heavy atom. The highest BCUT2D eigenvalue weighted by Crippen LogP contribution is 2.46. The smallest absolute Gasteiger partial charge is 0.0872 e. The molecule has 1 heterocycles. The normalized spacial score (nSPS) is 24.0. The van der Waals surface area contributed by atoms with Gasteiger partial charge in [0.05, 0.1) is 5.60 Å². The minimum absolute atomic E-state index is 0.491. The Morgan fingerprint density at radius 1 is 0.963 bits per heavy atom. The van der Waals surface area contributed by atoms with E-state index in [9.17, 15) is 5.11 Å². The predicted octanol–water partition coefficient (Wildman–Crippen LogP) is 5.21. The van der Waals surface area contributed by atoms with E-state index in [0.717, 1.165) is 25.4 Å². The Hall–Kier alpha value is -1.64. The largest absolute Gasteiger partial charge is 0.388 e. The summed E-state index contributed by atoms with van der Waals surface area (Å²) >= 11 is 0. The summed E-state index contributed by atoms with van der Waals surface area (Å²) in [5, 5.41) is 10.1. The summed E-state index contributed by atoms with van der Waals surface area (Å²) in [5.41, 5.74) is 11.3. The Bertz CT molecular complexity index is 914. The van der Waals surface area contributed by atoms with Crippen LogP contribution in [0.4, 0.5) is 0 Å². The van der Waals surface area contributed by atoms with Crippen molar-refractivity contribution in [2.45, 2.75) is 70.9 Å². The first kappa shape index (κ1) is 17.5. The van der Waals surface area contributed by atoms with Gasteiger partial charge in [-0.05, 0) is 104 Å². The summed E-state index contributed by atoms with van der Waals surface area (Å²) in [7, 11) is 0. The highest BCUT2D eigenvalue weighted by Gasteiger charge is 2.43. The van der Waals surface area contributed by atoms with E-state index in [4.69, 9.17) is 0 Å². The van der Waals surface area contributed by atoms with Gasteiger partial charge in [-0.15, -0.1) is 0 Å². The molecule has 1 saturated carbocycles. The lowest BCUT2D eigenvalue weighted by Gasteiger charge is -2.47. The molecule has 2 aliphatic carbocycles. The average Bonchev–Trinajstić information content (AvgIpc) is 3.32. The number of hydrogen-bond donors (Lipinski definition) is 1. The van der Waals surface area contributed by atoms with Crippen molar-refractivity contribution in [3.63, 3.8) is 0 Å². The molecule has 3 aliphatic rings. The molecule has 0 radical (unpaired) electrons. The van der Waals surface area contributed by atoms with Gasteiger partial charge in [0.15, 0.2) is 0 Å². The van der Waals surface area contributed by atoms with E-state index >= 15 is 0 Å². The van der Waals surface area contributed by atoms with Crippen molar-refractivity contribution in [2.24, 2.45) is 0 Å². The Morgan fingerprint density at radius 3 is 2.33 bits per heavy atom. The quantitative estimate of drug-likeness (QED) is 0.811. The van der Waals surface area contributed by atoms with Gasteiger partial charge in [-0.2, -0.15) is 0 Å². The molecule has 1 atom stereocenters. The summed E-state index contributed by atoms with van der Waals surface area (Å²) in [6, 6.07) is 10.1. The van der Waals surface area contributed by atoms with E-state index in [-0.39, 0.29) is 0 Å². The zero-order valence-corrected chi connectivity index (χ0v) is 17.1. The second-order valence-electron chi connectivity index (χ2n) is 9.56. The molecule has 142 valence electrons. The third-order valence-corrected chi connectivity index (χ3v) is 7.07. The van der Waals surface area contributed by atoms with Gasteiger partial charge in [0, 0.05) is 19.1 Å². The van der Waals surface area contributed by atoms with Crippen molar-refractivity contribution in [3.8, 4) is 11.1 Å². The van der Waals surface area contributed by atoms with E-state index < -0.39 is 5.60 Å². The molecular formula is C25H31NO. The number of likely N-dealkylation sites (tertiary alicyclic amines) is 1. The summed E-state index contributed by atoms with van der Waals surface area (Å²) < 4.78 is 0. The van der Waals surface area contributed by atoms with Crippen molar-refractivity contribution >= 4 is 0 Å². The van der Waals surface area contributed by atoms with E-state index in [1.807, 2.05) is 6.92 Å². The molecule has 2 aromatic rings. The second-order valence-corrected chi connectivity index (χ2v) is 9.56. The highest BCUT2D eigenvalue weighted by atomic mass is 16.3. The zero-order valence-electron chi connectivity index (χ0n) is 17.1. The van der Waals surface area contributed by atoms with E-state index in [2.05, 4.69) is 49.9 Å². The lowest BCUT2D eigenvalue weighted by Crippen LogP contribution is -2.60. The van der Waals surface area contributed by atoms with Crippen LogP contribution in [0.5, 0.6) is 0 Å². The van der Waals surface area contributed by atoms with Gasteiger partial charge in [-0.25, -0.2) is 0 Å². The van der Waals surface area contributed by atoms with Crippen LogP contribution in [0.25, 0.3) is 11.1 Å². The number of nitrogens with zero attached hydrogens (tertiary/aromatic N) is 1. The number of benzene rings is 2. The summed E-state index contributed by atoms with van der Waals surface area (Å²) in [6.45, 7) is 10.4. The molecule has 0 spiro atoms. The van der Waals surface area contributed by atoms with Gasteiger partial charge in [-0.3, -0.25) is 4.90 Å². The molecule has 1 unspecified atom stereocenters. The van der Waals surface area contributed by atoms with Gasteiger partial charge >= 0.3 is 0 Å². The summed E-state index contributed by atoms with van der Waals surface area (Å²) in [5.74, 6) is 0.816. The minimum atomic E-state index is -0.492. The lowest BCUT2D eigenvalue weighted by molar-refractivity contribution is -0.103. The average molecular weight is 362 g/mol. The molecule has 0 amide bonds. The number of aryl methyl sites for hydroxylation is 2. The number of hydrogen-bond acceptors (Lipinski definition) is 2. The molecule has 27 heavy (non-hydrogen) atoms. The Labute approximate surface area is 163 Å². The van der Waals surface area contributed by atoms with E-state index in [1.165, 1.54) is 52.6 Å². The molecule has 0 aromatic heterocycles. The van der Waals surface area contributed by atoms with Crippen LogP contribution in [0.2, 0.25) is 0 Å². The first-order valence-electron chi connectivity index (χ1n) is 10.5. The fourth-order valence-electron chi connectivity index (χ4n) is 5.68. The van der Waals surface area contributed by atoms with Crippen LogP contribution in [-0.2, 0) is 6.42 Å². The molecule has 2 nitrogen and oxygen atoms in total. The van der Waals surface area contributed by atoms with Gasteiger partial charge in [-0.1, -0.05) is 24.3 Å². The maximum atomic E-state index is 10.1. The third kappa shape index (κ3) is 2.85. The fourth-order valence-corrected chi connectivity index (χ4v) is 5.68. The monoisotopic (exact) mass is 361 g/mol. The van der Waals surface area contributed by atoms with Crippen LogP contribution in [0.15, 0.2) is 24.3 Å². The van der Waals surface area contributed by atoms with Crippen molar-refractivity contribution in [1.29, 1.82) is 0 Å². The highest BCUT2D eigenvalue weighted by molar-refractivity contribution is 5.74. The molecule has 2 aromatic carbocycles. The van der Waals surface area contributed by atoms with Crippen LogP contribution in [-0.4, -0.2) is 28.7 Å². The molecule has 1 N–H and O–H groups in total. The maximum absolute atomic E-state index is 10.1. The molecule has 2 heteroatoms. The van der Waals surface area contributed by atoms with Crippen LogP contribution >= 0.6 is 0 Å². The molecular weight excluding hydrogens is 330 g/mol. The van der Waals surface area contributed by atoms with Crippen molar-refractivity contribution in [2.75, 3.05) is 13.1 Å². The van der Waals surface area contributed by atoms with Gasteiger partial charge in [0.2, 0.25) is 0 Å². The van der Waals surface area contributed by atoms with E-state index in [0.29, 0.717) is 6.04 Å². The van der Waals surface area contributed by atoms with Crippen molar-refractivity contribution < 1.29 is 5.11 Å². The van der Waals surface area contributed by atoms with Crippen LogP contribution in [0, 0.1) is 20.8 Å². The van der Waals surface area contributed by atoms with E-state index in [1.54, 1.807) is 11.1 Å². The number of β-amino-alcohol motifs (C(OH)–C–C–N with tert-alkyl or cyclic N) is 1. The topological polar surface area (TPSA) is 23.5 Å². The fraction of sp³-hybridized carbons (Fsp3) is 0.520. The first-order chi connectivity index (χ1) is 12.8. The number of fused-ring (bicyclic) bond motifs is 1. The first-order valence-corrected chi connectivity index (χ1v) is 10.5. The SMILES string of the molecule is Cc1cc(-c2c(C)cc3c(c2C)CCC3N2CC(C)(O)C2)ccc1C1CC1. The third-order valence-electron chi connectivity index (χ3n) is 7.07. The predicted molar refractivity (Wildman–Crippen MR) is 111 cm³/mol. The summed E-state index contributed by atoms with van der Waals surface area (Å²) in [6.07, 6.45) is 5.08. The van der Waals surface area contributed by atoms with Crippen LogP contribution < -0.4 is 0 Å². The number of aliphatic hydroxyl groups is 1. The maximum Gasteiger partial charge on any atom is 0.0872 e. The molecule has 5 rings (SSSR count). The summed E-state index contributed by atoms with van der Waals surface area (Å²) in [4.78, 5) is 2.46. The number of rotatable bonds is 3. The van der Waals surface area contributed by atoms with Crippen molar-refractivity contribution in [3.05, 3.63) is 57.6 Å². The van der Waals surface area contributed by atoms with Gasteiger partial charge in [0.25, 0.3) is 0 Å². The molecule has 0 bridgehead atoms. The Kier molecular flexibility index (Phi) is 3.83. The lowest BCUT2D eigenvalue weighted by atomic mass is 9.87. The van der Waals surface area contributed by atoms with Gasteiger partial charge in [0.1, 0.15) is 0 Å². The standard InChI is InChI=1S/C25H31NO/c1-15-11-19(7-8-20(15)18-5-6-18)24-16(2)12-22-21(17(24)3)9-10-23(22)26-13-25(4,27)14-26/h7-8,11-12,18,23,27H,5-6,9-10,13-14H2,1-4H3.